The van der Waals surface area contributed by atoms with Crippen molar-refractivity contribution in [3.8, 4) is 0 Å². The number of nitrogens with two attached hydrogens (primary N) is 1. The van der Waals surface area contributed by atoms with E-state index >= 15 is 0 Å². The van der Waals surface area contributed by atoms with Crippen LogP contribution in [0.5, 0.6) is 0 Å². The summed E-state index contributed by atoms with van der Waals surface area (Å²) >= 11 is 0. The van der Waals surface area contributed by atoms with E-state index in [2.05, 4.69) is 5.32 Å². The average Bonchev–Trinajstić information content (AvgIpc) is 2.65. The number of benzene rings is 1. The van der Waals surface area contributed by atoms with Crippen molar-refractivity contribution in [3.63, 3.8) is 0 Å². The van der Waals surface area contributed by atoms with E-state index < -0.39 is 42.6 Å². The molecule has 1 aliphatic carbocycles. The molecule has 0 bridgehead atoms. The molecule has 3 amide bonds. The molecule has 0 radical (unpaired) electrons. The molecular formula is C20H25F3N4O4. The quantitative estimate of drug-likeness (QED) is 0.562. The predicted octanol–water partition coefficient (Wildman–Crippen LogP) is 1.35. The maximum absolute atomic E-state index is 14.6. The van der Waals surface area contributed by atoms with Crippen LogP contribution in [0.3, 0.4) is 0 Å². The Kier molecular flexibility index (Phi) is 7.50. The van der Waals surface area contributed by atoms with Crippen molar-refractivity contribution >= 4 is 29.1 Å². The van der Waals surface area contributed by atoms with Gasteiger partial charge in [0.15, 0.2) is 6.04 Å². The van der Waals surface area contributed by atoms with Crippen molar-refractivity contribution in [1.29, 1.82) is 0 Å². The number of nitrogens with zero attached hydrogens (tertiary/aromatic N) is 2. The summed E-state index contributed by atoms with van der Waals surface area (Å²) < 4.78 is 45.7. The molecule has 3 N–H and O–H groups in total. The number of halogens is 3. The molecule has 2 fully saturated rings. The zero-order valence-corrected chi connectivity index (χ0v) is 16.9. The number of carbonyl (C=O) groups is 3. The van der Waals surface area contributed by atoms with Gasteiger partial charge >= 0.3 is 0 Å². The van der Waals surface area contributed by atoms with Gasteiger partial charge in [-0.2, -0.15) is 0 Å². The van der Waals surface area contributed by atoms with Gasteiger partial charge in [-0.3, -0.25) is 19.3 Å². The third kappa shape index (κ3) is 5.73. The summed E-state index contributed by atoms with van der Waals surface area (Å²) in [6, 6.07) is 2.06. The second-order valence-electron chi connectivity index (χ2n) is 7.70. The molecule has 1 saturated carbocycles. The van der Waals surface area contributed by atoms with E-state index in [1.807, 2.05) is 0 Å². The number of hydrogen-bond acceptors (Lipinski definition) is 5. The standard InChI is InChI=1S/C20H25F3N4O4/c21-14-8-13(4-5-15(14)27-6-7-31-11-17(27)28)25-20(30)18(19(24)29)26(10-16(22)23)9-12-2-1-3-12/h4-5,8,12,16,18H,1-3,6-7,9-11H2,(H2,24,29)(H,25,30)/t18-/m0/s1. The Morgan fingerprint density at radius 3 is 2.61 bits per heavy atom. The summed E-state index contributed by atoms with van der Waals surface area (Å²) in [4.78, 5) is 38.9. The Labute approximate surface area is 177 Å². The maximum Gasteiger partial charge on any atom is 0.253 e. The van der Waals surface area contributed by atoms with E-state index in [4.69, 9.17) is 10.5 Å². The SMILES string of the molecule is NC(=O)[C@@H](C(=O)Nc1ccc(N2CCOCC2=O)c(F)c1)N(CC(F)F)CC1CCC1. The van der Waals surface area contributed by atoms with Crippen molar-refractivity contribution in [2.45, 2.75) is 31.7 Å². The minimum absolute atomic E-state index is 0.0128. The average molecular weight is 442 g/mol. The lowest BCUT2D eigenvalue weighted by Crippen LogP contribution is -2.55. The van der Waals surface area contributed by atoms with Gasteiger partial charge < -0.3 is 20.7 Å². The Hall–Kier alpha value is -2.66. The minimum atomic E-state index is -2.75. The lowest BCUT2D eigenvalue weighted by molar-refractivity contribution is -0.134. The largest absolute Gasteiger partial charge is 0.370 e. The predicted molar refractivity (Wildman–Crippen MR) is 106 cm³/mol. The fraction of sp³-hybridized carbons (Fsp3) is 0.550. The van der Waals surface area contributed by atoms with Crippen molar-refractivity contribution < 1.29 is 32.3 Å². The van der Waals surface area contributed by atoms with Gasteiger partial charge in [-0.15, -0.1) is 0 Å². The van der Waals surface area contributed by atoms with Crippen molar-refractivity contribution in [2.24, 2.45) is 11.7 Å². The van der Waals surface area contributed by atoms with E-state index in [0.29, 0.717) is 0 Å². The van der Waals surface area contributed by atoms with Crippen molar-refractivity contribution in [1.82, 2.24) is 4.90 Å². The zero-order chi connectivity index (χ0) is 22.5. The van der Waals surface area contributed by atoms with Gasteiger partial charge in [-0.05, 0) is 37.0 Å². The van der Waals surface area contributed by atoms with Crippen LogP contribution >= 0.6 is 0 Å². The summed E-state index contributed by atoms with van der Waals surface area (Å²) in [6.07, 6.45) is -0.116. The third-order valence-electron chi connectivity index (χ3n) is 5.46. The van der Waals surface area contributed by atoms with Crippen LogP contribution in [0.1, 0.15) is 19.3 Å². The summed E-state index contributed by atoms with van der Waals surface area (Å²) in [7, 11) is 0. The first-order chi connectivity index (χ1) is 14.8. The zero-order valence-electron chi connectivity index (χ0n) is 16.9. The Balaban J connectivity index is 1.74. The molecule has 1 heterocycles. The van der Waals surface area contributed by atoms with Gasteiger partial charge in [0.1, 0.15) is 12.4 Å². The van der Waals surface area contributed by atoms with Gasteiger partial charge in [0, 0.05) is 18.8 Å². The number of amides is 3. The number of rotatable bonds is 9. The Morgan fingerprint density at radius 2 is 2.06 bits per heavy atom. The molecule has 1 aromatic carbocycles. The van der Waals surface area contributed by atoms with Crippen LogP contribution in [0.2, 0.25) is 0 Å². The normalized spacial score (nSPS) is 18.2. The van der Waals surface area contributed by atoms with E-state index in [1.54, 1.807) is 0 Å². The highest BCUT2D eigenvalue weighted by Gasteiger charge is 2.35. The fourth-order valence-corrected chi connectivity index (χ4v) is 3.73. The molecule has 31 heavy (non-hydrogen) atoms. The van der Waals surface area contributed by atoms with Gasteiger partial charge in [-0.25, -0.2) is 13.2 Å². The molecule has 0 aromatic heterocycles. The lowest BCUT2D eigenvalue weighted by Gasteiger charge is -2.35. The number of ether oxygens (including phenoxy) is 1. The number of carbonyl (C=O) groups excluding carboxylic acids is 3. The van der Waals surface area contributed by atoms with E-state index in [-0.39, 0.29) is 43.6 Å². The molecule has 0 spiro atoms. The maximum atomic E-state index is 14.6. The number of alkyl halides is 2. The van der Waals surface area contributed by atoms with Crippen molar-refractivity contribution in [3.05, 3.63) is 24.0 Å². The van der Waals surface area contributed by atoms with E-state index in [1.165, 1.54) is 17.0 Å². The number of hydrogen-bond donors (Lipinski definition) is 2. The number of morpholine rings is 1. The molecule has 1 atom stereocenters. The Morgan fingerprint density at radius 1 is 1.32 bits per heavy atom. The Bertz CT molecular complexity index is 835. The number of anilines is 2. The third-order valence-corrected chi connectivity index (χ3v) is 5.46. The van der Waals surface area contributed by atoms with Crippen LogP contribution in [0.15, 0.2) is 18.2 Å². The van der Waals surface area contributed by atoms with Crippen LogP contribution in [0.4, 0.5) is 24.5 Å². The molecule has 1 aromatic rings. The van der Waals surface area contributed by atoms with Gasteiger partial charge in [0.2, 0.25) is 5.91 Å². The molecule has 8 nitrogen and oxygen atoms in total. The molecule has 1 aliphatic heterocycles. The molecule has 170 valence electrons. The highest BCUT2D eigenvalue weighted by atomic mass is 19.3. The second kappa shape index (κ2) is 10.1. The van der Waals surface area contributed by atoms with Gasteiger partial charge in [0.25, 0.3) is 18.2 Å². The van der Waals surface area contributed by atoms with E-state index in [0.717, 1.165) is 30.2 Å². The van der Waals surface area contributed by atoms with Gasteiger partial charge in [0.05, 0.1) is 18.8 Å². The monoisotopic (exact) mass is 442 g/mol. The summed E-state index contributed by atoms with van der Waals surface area (Å²) in [5, 5.41) is 2.37. The van der Waals surface area contributed by atoms with Crippen LogP contribution in [-0.2, 0) is 19.1 Å². The van der Waals surface area contributed by atoms with Crippen molar-refractivity contribution in [2.75, 3.05) is 43.1 Å². The van der Waals surface area contributed by atoms with E-state index in [9.17, 15) is 27.6 Å². The van der Waals surface area contributed by atoms with Crippen LogP contribution in [-0.4, -0.2) is 67.9 Å². The molecule has 1 saturated heterocycles. The summed E-state index contributed by atoms with van der Waals surface area (Å²) in [6.45, 7) is -0.319. The molecular weight excluding hydrogens is 417 g/mol. The molecule has 2 aliphatic rings. The van der Waals surface area contributed by atoms with Gasteiger partial charge in [-0.1, -0.05) is 6.42 Å². The first kappa shape index (κ1) is 23.0. The number of nitrogens with one attached hydrogen (secondary N) is 1. The first-order valence-corrected chi connectivity index (χ1v) is 10.1. The first-order valence-electron chi connectivity index (χ1n) is 10.1. The molecule has 0 unspecified atom stereocenters. The van der Waals surface area contributed by atoms with Crippen LogP contribution in [0, 0.1) is 11.7 Å². The topological polar surface area (TPSA) is 105 Å². The highest BCUT2D eigenvalue weighted by molar-refractivity contribution is 6.09. The smallest absolute Gasteiger partial charge is 0.253 e. The lowest BCUT2D eigenvalue weighted by atomic mass is 9.85. The van der Waals surface area contributed by atoms with Crippen LogP contribution < -0.4 is 16.0 Å². The fourth-order valence-electron chi connectivity index (χ4n) is 3.73. The number of primary amides is 1. The highest BCUT2D eigenvalue weighted by Crippen LogP contribution is 2.28. The molecule has 11 heteroatoms. The second-order valence-corrected chi connectivity index (χ2v) is 7.70. The molecule has 3 rings (SSSR count). The summed E-state index contributed by atoms with van der Waals surface area (Å²) in [5.41, 5.74) is 5.40. The summed E-state index contributed by atoms with van der Waals surface area (Å²) in [5.74, 6) is -3.01. The van der Waals surface area contributed by atoms with Crippen LogP contribution in [0.25, 0.3) is 0 Å². The minimum Gasteiger partial charge on any atom is -0.370 e.